The van der Waals surface area contributed by atoms with Crippen molar-refractivity contribution in [1.29, 1.82) is 0 Å². The van der Waals surface area contributed by atoms with E-state index in [1.165, 1.54) is 66.7 Å². The van der Waals surface area contributed by atoms with Gasteiger partial charge in [0.25, 0.3) is 0 Å². The second-order valence-corrected chi connectivity index (χ2v) is 15.2. The van der Waals surface area contributed by atoms with E-state index in [0.29, 0.717) is 11.2 Å². The van der Waals surface area contributed by atoms with Gasteiger partial charge < -0.3 is 10.2 Å². The van der Waals surface area contributed by atoms with Crippen LogP contribution < -0.4 is 10.2 Å². The summed E-state index contributed by atoms with van der Waals surface area (Å²) < 4.78 is 2.31. The molecule has 45 heavy (non-hydrogen) atoms. The highest BCUT2D eigenvalue weighted by atomic mass is 32.1. The molecule has 4 bridgehead atoms. The number of thiazole rings is 1. The molecule has 5 aromatic rings. The third-order valence-corrected chi connectivity index (χ3v) is 11.4. The number of aryl methyl sites for hydroxylation is 1. The standard InChI is InChI=1S/C35H41N9S/c1-20(2)31-26(27-18-37-44(22(27)4)19-35-15-23-12-24(16-35)14-25(13-23)17-35)8-9-29(39-31)43(5)30-11-21(3)32(42-41-30)40-34-38-28-7-6-10-36-33(28)45-34/h6-11,18,20,23-25H,12-17,19H2,1-5H3,(H,38,40,42). The summed E-state index contributed by atoms with van der Waals surface area (Å²) >= 11 is 1.50. The minimum Gasteiger partial charge on any atom is -0.314 e. The molecule has 0 aromatic carbocycles. The van der Waals surface area contributed by atoms with Crippen LogP contribution in [0.5, 0.6) is 0 Å². The molecular formula is C35H41N9S. The van der Waals surface area contributed by atoms with Gasteiger partial charge in [-0.25, -0.2) is 15.0 Å². The maximum atomic E-state index is 5.19. The quantitative estimate of drug-likeness (QED) is 0.186. The van der Waals surface area contributed by atoms with Crippen LogP contribution in [0.2, 0.25) is 0 Å². The Morgan fingerprint density at radius 1 is 0.978 bits per heavy atom. The molecule has 5 heterocycles. The van der Waals surface area contributed by atoms with Gasteiger partial charge in [0.2, 0.25) is 0 Å². The van der Waals surface area contributed by atoms with Gasteiger partial charge in [-0.05, 0) is 117 Å². The minimum atomic E-state index is 0.252. The predicted octanol–water partition coefficient (Wildman–Crippen LogP) is 8.21. The third kappa shape index (κ3) is 5.16. The molecule has 232 valence electrons. The Morgan fingerprint density at radius 3 is 2.42 bits per heavy atom. The minimum absolute atomic E-state index is 0.252. The fourth-order valence-electron chi connectivity index (χ4n) is 8.79. The largest absolute Gasteiger partial charge is 0.314 e. The van der Waals surface area contributed by atoms with Crippen molar-refractivity contribution in [3.63, 3.8) is 0 Å². The smallest absolute Gasteiger partial charge is 0.191 e. The summed E-state index contributed by atoms with van der Waals surface area (Å²) in [6, 6.07) is 10.2. The van der Waals surface area contributed by atoms with Gasteiger partial charge in [0.1, 0.15) is 16.2 Å². The maximum absolute atomic E-state index is 5.19. The van der Waals surface area contributed by atoms with Gasteiger partial charge in [0.15, 0.2) is 16.8 Å². The molecule has 1 N–H and O–H groups in total. The molecule has 9 nitrogen and oxygen atoms in total. The van der Waals surface area contributed by atoms with Crippen LogP contribution in [-0.2, 0) is 6.54 Å². The zero-order valence-electron chi connectivity index (χ0n) is 26.8. The van der Waals surface area contributed by atoms with Crippen LogP contribution in [0.15, 0.2) is 42.7 Å². The topological polar surface area (TPSA) is 97.5 Å². The molecule has 4 aliphatic carbocycles. The van der Waals surface area contributed by atoms with Crippen LogP contribution in [-0.4, -0.2) is 42.0 Å². The van der Waals surface area contributed by atoms with Crippen molar-refractivity contribution in [1.82, 2.24) is 34.9 Å². The van der Waals surface area contributed by atoms with Crippen molar-refractivity contribution >= 4 is 44.3 Å². The highest BCUT2D eigenvalue weighted by Gasteiger charge is 2.51. The van der Waals surface area contributed by atoms with Crippen molar-refractivity contribution in [2.75, 3.05) is 17.3 Å². The molecular weight excluding hydrogens is 579 g/mol. The van der Waals surface area contributed by atoms with Crippen LogP contribution in [0.4, 0.5) is 22.6 Å². The van der Waals surface area contributed by atoms with E-state index in [1.807, 2.05) is 37.1 Å². The first-order valence-electron chi connectivity index (χ1n) is 16.3. The van der Waals surface area contributed by atoms with Crippen molar-refractivity contribution in [2.24, 2.45) is 23.2 Å². The van der Waals surface area contributed by atoms with E-state index in [0.717, 1.165) is 62.7 Å². The molecule has 0 spiro atoms. The normalized spacial score (nSPS) is 23.7. The Morgan fingerprint density at radius 2 is 1.73 bits per heavy atom. The summed E-state index contributed by atoms with van der Waals surface area (Å²) in [4.78, 5) is 17.1. The highest BCUT2D eigenvalue weighted by molar-refractivity contribution is 7.21. The molecule has 0 unspecified atom stereocenters. The molecule has 9 rings (SSSR count). The number of aromatic nitrogens is 7. The summed E-state index contributed by atoms with van der Waals surface area (Å²) in [5.74, 6) is 5.35. The second kappa shape index (κ2) is 10.9. The maximum Gasteiger partial charge on any atom is 0.191 e. The van der Waals surface area contributed by atoms with E-state index in [2.05, 4.69) is 69.3 Å². The number of rotatable bonds is 8. The van der Waals surface area contributed by atoms with Gasteiger partial charge in [-0.1, -0.05) is 25.2 Å². The van der Waals surface area contributed by atoms with E-state index in [-0.39, 0.29) is 5.92 Å². The second-order valence-electron chi connectivity index (χ2n) is 14.2. The van der Waals surface area contributed by atoms with Gasteiger partial charge in [-0.3, -0.25) is 4.68 Å². The van der Waals surface area contributed by atoms with E-state index in [1.54, 1.807) is 6.20 Å². The highest BCUT2D eigenvalue weighted by Crippen LogP contribution is 2.60. The Balaban J connectivity index is 1.03. The number of nitrogens with one attached hydrogen (secondary N) is 1. The zero-order valence-corrected chi connectivity index (χ0v) is 27.6. The first-order chi connectivity index (χ1) is 21.7. The molecule has 0 radical (unpaired) electrons. The van der Waals surface area contributed by atoms with Gasteiger partial charge in [-0.15, -0.1) is 10.2 Å². The average molecular weight is 620 g/mol. The van der Waals surface area contributed by atoms with Crippen molar-refractivity contribution in [3.05, 3.63) is 59.7 Å². The van der Waals surface area contributed by atoms with Crippen molar-refractivity contribution in [3.8, 4) is 11.1 Å². The number of anilines is 4. The third-order valence-electron chi connectivity index (χ3n) is 10.6. The van der Waals surface area contributed by atoms with E-state index < -0.39 is 0 Å². The number of pyridine rings is 2. The number of fused-ring (bicyclic) bond motifs is 1. The Hall–Kier alpha value is -3.92. The van der Waals surface area contributed by atoms with Gasteiger partial charge in [0, 0.05) is 36.6 Å². The lowest BCUT2D eigenvalue weighted by molar-refractivity contribution is -0.0638. The van der Waals surface area contributed by atoms with Crippen LogP contribution >= 0.6 is 11.3 Å². The summed E-state index contributed by atoms with van der Waals surface area (Å²) in [7, 11) is 2.00. The van der Waals surface area contributed by atoms with Gasteiger partial charge >= 0.3 is 0 Å². The SMILES string of the molecule is Cc1cc(N(C)c2ccc(-c3cnn(CC45CC6CC(CC(C6)C4)C5)c3C)c(C(C)C)n2)nnc1Nc1nc2cccnc2s1. The Bertz CT molecular complexity index is 1820. The molecule has 0 amide bonds. The van der Waals surface area contributed by atoms with E-state index in [9.17, 15) is 0 Å². The molecule has 5 aromatic heterocycles. The fraction of sp³-hybridized carbons (Fsp3) is 0.486. The lowest BCUT2D eigenvalue weighted by Crippen LogP contribution is -2.48. The predicted molar refractivity (Wildman–Crippen MR) is 180 cm³/mol. The van der Waals surface area contributed by atoms with Crippen molar-refractivity contribution in [2.45, 2.75) is 78.7 Å². The Labute approximate surface area is 268 Å². The summed E-state index contributed by atoms with van der Waals surface area (Å²) in [6.07, 6.45) is 12.5. The number of nitrogens with zero attached hydrogens (tertiary/aromatic N) is 8. The molecule has 4 aliphatic rings. The molecule has 0 atom stereocenters. The Kier molecular flexibility index (Phi) is 6.89. The summed E-state index contributed by atoms with van der Waals surface area (Å²) in [5, 5.41) is 18.1. The molecule has 4 saturated carbocycles. The average Bonchev–Trinajstić information content (AvgIpc) is 3.58. The molecule has 4 fully saturated rings. The van der Waals surface area contributed by atoms with Crippen LogP contribution in [0.25, 0.3) is 21.5 Å². The molecule has 10 heteroatoms. The van der Waals surface area contributed by atoms with E-state index in [4.69, 9.17) is 10.1 Å². The van der Waals surface area contributed by atoms with Crippen molar-refractivity contribution < 1.29 is 0 Å². The first kappa shape index (κ1) is 28.5. The molecule has 0 saturated heterocycles. The lowest BCUT2D eigenvalue weighted by Gasteiger charge is -2.56. The molecule has 0 aliphatic heterocycles. The fourth-order valence-corrected chi connectivity index (χ4v) is 9.60. The monoisotopic (exact) mass is 619 g/mol. The summed E-state index contributed by atoms with van der Waals surface area (Å²) in [5.41, 5.74) is 6.98. The van der Waals surface area contributed by atoms with Crippen LogP contribution in [0.1, 0.15) is 75.2 Å². The van der Waals surface area contributed by atoms with Crippen LogP contribution in [0.3, 0.4) is 0 Å². The summed E-state index contributed by atoms with van der Waals surface area (Å²) in [6.45, 7) is 9.76. The first-order valence-corrected chi connectivity index (χ1v) is 17.2. The lowest BCUT2D eigenvalue weighted by atomic mass is 9.49. The van der Waals surface area contributed by atoms with Crippen LogP contribution in [0, 0.1) is 37.0 Å². The van der Waals surface area contributed by atoms with Gasteiger partial charge in [0.05, 0.1) is 11.9 Å². The number of hydrogen-bond donors (Lipinski definition) is 1. The number of hydrogen-bond acceptors (Lipinski definition) is 9. The zero-order chi connectivity index (χ0) is 30.9. The van der Waals surface area contributed by atoms with Gasteiger partial charge in [-0.2, -0.15) is 5.10 Å². The van der Waals surface area contributed by atoms with E-state index >= 15 is 0 Å².